The second-order valence-electron chi connectivity index (χ2n) is 26.5. The molecule has 19 heteroatoms. The summed E-state index contributed by atoms with van der Waals surface area (Å²) in [5, 5.41) is 10.6. The zero-order valence-corrected chi connectivity index (χ0v) is 60.8. The molecular formula is C72H140O17P2. The van der Waals surface area contributed by atoms with Crippen molar-refractivity contribution in [2.24, 2.45) is 5.92 Å². The van der Waals surface area contributed by atoms with Gasteiger partial charge >= 0.3 is 39.5 Å². The Morgan fingerprint density at radius 1 is 0.297 bits per heavy atom. The van der Waals surface area contributed by atoms with Crippen molar-refractivity contribution in [3.63, 3.8) is 0 Å². The highest BCUT2D eigenvalue weighted by Gasteiger charge is 2.30. The molecule has 540 valence electrons. The minimum absolute atomic E-state index is 0.106. The molecule has 0 amide bonds. The van der Waals surface area contributed by atoms with E-state index < -0.39 is 97.5 Å². The summed E-state index contributed by atoms with van der Waals surface area (Å²) in [6, 6.07) is 0. The monoisotopic (exact) mass is 1340 g/mol. The summed E-state index contributed by atoms with van der Waals surface area (Å²) in [6.45, 7) is 7.19. The fraction of sp³-hybridized carbons (Fsp3) is 0.944. The van der Waals surface area contributed by atoms with E-state index in [1.807, 2.05) is 0 Å². The summed E-state index contributed by atoms with van der Waals surface area (Å²) < 4.78 is 68.2. The summed E-state index contributed by atoms with van der Waals surface area (Å²) >= 11 is 0. The first-order valence-corrected chi connectivity index (χ1v) is 40.6. The first-order valence-electron chi connectivity index (χ1n) is 37.6. The van der Waals surface area contributed by atoms with Crippen molar-refractivity contribution in [2.75, 3.05) is 39.6 Å². The van der Waals surface area contributed by atoms with E-state index in [1.54, 1.807) is 0 Å². The molecule has 0 spiro atoms. The Hall–Kier alpha value is -1.94. The second-order valence-corrected chi connectivity index (χ2v) is 29.4. The van der Waals surface area contributed by atoms with Gasteiger partial charge in [0.25, 0.3) is 0 Å². The summed E-state index contributed by atoms with van der Waals surface area (Å²) in [7, 11) is -9.89. The number of unbranched alkanes of at least 4 members (excludes halogenated alkanes) is 44. The van der Waals surface area contributed by atoms with E-state index in [-0.39, 0.29) is 25.7 Å². The van der Waals surface area contributed by atoms with Gasteiger partial charge in [0.15, 0.2) is 12.2 Å². The van der Waals surface area contributed by atoms with E-state index in [0.29, 0.717) is 25.7 Å². The molecule has 0 aliphatic rings. The molecule has 91 heavy (non-hydrogen) atoms. The number of carbonyl (C=O) groups excluding carboxylic acids is 4. The number of aliphatic hydroxyl groups is 1. The summed E-state index contributed by atoms with van der Waals surface area (Å²) in [5.41, 5.74) is 0. The van der Waals surface area contributed by atoms with E-state index in [2.05, 4.69) is 34.6 Å². The van der Waals surface area contributed by atoms with E-state index in [1.165, 1.54) is 186 Å². The highest BCUT2D eigenvalue weighted by molar-refractivity contribution is 7.47. The molecule has 0 aliphatic heterocycles. The summed E-state index contributed by atoms with van der Waals surface area (Å²) in [5.74, 6) is -1.37. The number of hydrogen-bond donors (Lipinski definition) is 3. The number of phosphoric acid groups is 2. The Kier molecular flexibility index (Phi) is 64.0. The largest absolute Gasteiger partial charge is 0.472 e. The van der Waals surface area contributed by atoms with Gasteiger partial charge in [-0.15, -0.1) is 0 Å². The molecule has 0 rings (SSSR count). The highest BCUT2D eigenvalue weighted by atomic mass is 31.2. The fourth-order valence-electron chi connectivity index (χ4n) is 11.0. The van der Waals surface area contributed by atoms with Gasteiger partial charge in [0, 0.05) is 25.7 Å². The van der Waals surface area contributed by atoms with Crippen LogP contribution in [0.2, 0.25) is 0 Å². The molecule has 0 saturated carbocycles. The molecule has 0 fully saturated rings. The van der Waals surface area contributed by atoms with Crippen molar-refractivity contribution in [1.82, 2.24) is 0 Å². The van der Waals surface area contributed by atoms with Crippen LogP contribution in [-0.4, -0.2) is 96.7 Å². The van der Waals surface area contributed by atoms with Crippen molar-refractivity contribution in [3.05, 3.63) is 0 Å². The number of carbonyl (C=O) groups is 4. The molecule has 17 nitrogen and oxygen atoms in total. The Morgan fingerprint density at radius 2 is 0.505 bits per heavy atom. The topological polar surface area (TPSA) is 237 Å². The average molecular weight is 1340 g/mol. The minimum atomic E-state index is -4.95. The Balaban J connectivity index is 5.11. The number of aliphatic hydroxyl groups excluding tert-OH is 1. The van der Waals surface area contributed by atoms with E-state index >= 15 is 0 Å². The molecule has 0 aliphatic carbocycles. The van der Waals surface area contributed by atoms with Crippen LogP contribution in [0.4, 0.5) is 0 Å². The average Bonchev–Trinajstić information content (AvgIpc) is 3.71. The zero-order chi connectivity index (χ0) is 67.0. The molecule has 0 aromatic rings. The molecule has 3 N–H and O–H groups in total. The van der Waals surface area contributed by atoms with Gasteiger partial charge in [0.2, 0.25) is 0 Å². The first kappa shape index (κ1) is 89.1. The summed E-state index contributed by atoms with van der Waals surface area (Å²) in [4.78, 5) is 72.4. The van der Waals surface area contributed by atoms with Gasteiger partial charge in [-0.05, 0) is 31.6 Å². The van der Waals surface area contributed by atoms with Crippen molar-refractivity contribution in [1.29, 1.82) is 0 Å². The lowest BCUT2D eigenvalue weighted by Crippen LogP contribution is -2.30. The van der Waals surface area contributed by atoms with E-state index in [4.69, 9.17) is 37.0 Å². The lowest BCUT2D eigenvalue weighted by atomic mass is 10.0. The Morgan fingerprint density at radius 3 is 0.747 bits per heavy atom. The van der Waals surface area contributed by atoms with E-state index in [9.17, 15) is 43.2 Å². The molecule has 0 saturated heterocycles. The van der Waals surface area contributed by atoms with Crippen LogP contribution in [0.1, 0.15) is 375 Å². The third-order valence-corrected chi connectivity index (χ3v) is 18.7. The summed E-state index contributed by atoms with van der Waals surface area (Å²) in [6.07, 6.45) is 53.1. The van der Waals surface area contributed by atoms with Crippen molar-refractivity contribution >= 4 is 39.5 Å². The molecular weight excluding hydrogens is 1200 g/mol. The first-order chi connectivity index (χ1) is 44.0. The molecule has 0 radical (unpaired) electrons. The van der Waals surface area contributed by atoms with Crippen LogP contribution >= 0.6 is 15.6 Å². The van der Waals surface area contributed by atoms with Gasteiger partial charge < -0.3 is 33.8 Å². The van der Waals surface area contributed by atoms with Gasteiger partial charge in [-0.2, -0.15) is 0 Å². The third kappa shape index (κ3) is 66.5. The van der Waals surface area contributed by atoms with Gasteiger partial charge in [0.1, 0.15) is 19.3 Å². The Bertz CT molecular complexity index is 1750. The quantitative estimate of drug-likeness (QED) is 0.0222. The smallest absolute Gasteiger partial charge is 0.462 e. The lowest BCUT2D eigenvalue weighted by Gasteiger charge is -2.21. The Labute approximate surface area is 556 Å². The van der Waals surface area contributed by atoms with Gasteiger partial charge in [-0.3, -0.25) is 37.3 Å². The number of ether oxygens (including phenoxy) is 4. The maximum Gasteiger partial charge on any atom is 0.472 e. The molecule has 2 unspecified atom stereocenters. The van der Waals surface area contributed by atoms with Gasteiger partial charge in [0.05, 0.1) is 26.4 Å². The van der Waals surface area contributed by atoms with Gasteiger partial charge in [-0.25, -0.2) is 9.13 Å². The van der Waals surface area contributed by atoms with Crippen LogP contribution in [0, 0.1) is 5.92 Å². The predicted octanol–water partition coefficient (Wildman–Crippen LogP) is 20.9. The standard InChI is InChI=1S/C72H140O17P2/c1-6-9-12-15-18-20-21-22-23-24-25-26-27-28-29-30-31-32-38-43-48-53-58-72(77)89-68(62-83-70(75)56-51-46-41-37-34-33-36-40-44-49-54-65(4)5)64-87-91(80,81)85-60-66(73)59-84-90(78,79)86-63-67(61-82-69(74)55-50-45-39-17-14-11-8-3)88-71(76)57-52-47-42-35-19-16-13-10-7-2/h65-68,73H,6-64H2,1-5H3,(H,78,79)(H,80,81)/t66-,67+,68+/m0/s1. The fourth-order valence-corrected chi connectivity index (χ4v) is 12.6. The molecule has 0 aromatic heterocycles. The van der Waals surface area contributed by atoms with Crippen LogP contribution in [0.3, 0.4) is 0 Å². The van der Waals surface area contributed by atoms with Crippen LogP contribution in [0.25, 0.3) is 0 Å². The lowest BCUT2D eigenvalue weighted by molar-refractivity contribution is -0.161. The van der Waals surface area contributed by atoms with Crippen molar-refractivity contribution < 1.29 is 80.2 Å². The molecule has 5 atom stereocenters. The van der Waals surface area contributed by atoms with Gasteiger partial charge in [-0.1, -0.05) is 324 Å². The van der Waals surface area contributed by atoms with Crippen molar-refractivity contribution in [2.45, 2.75) is 393 Å². The number of phosphoric ester groups is 2. The van der Waals surface area contributed by atoms with Crippen LogP contribution in [-0.2, 0) is 65.4 Å². The third-order valence-electron chi connectivity index (χ3n) is 16.8. The SMILES string of the molecule is CCCCCCCCCCCCCCCCCCCCCCCCC(=O)O[C@H](COC(=O)CCCCCCCCCCCCC(C)C)COP(=O)(O)OC[C@@H](O)COP(=O)(O)OC[C@@H](COC(=O)CCCCCCCCC)OC(=O)CCCCCCCCCCC. The second kappa shape index (κ2) is 65.4. The number of esters is 4. The number of rotatable bonds is 72. The minimum Gasteiger partial charge on any atom is -0.462 e. The van der Waals surface area contributed by atoms with E-state index in [0.717, 1.165) is 109 Å². The normalized spacial score (nSPS) is 14.0. The predicted molar refractivity (Wildman–Crippen MR) is 368 cm³/mol. The zero-order valence-electron chi connectivity index (χ0n) is 59.0. The number of hydrogen-bond acceptors (Lipinski definition) is 15. The molecule has 0 bridgehead atoms. The maximum absolute atomic E-state index is 13.0. The molecule has 0 aromatic carbocycles. The molecule has 0 heterocycles. The highest BCUT2D eigenvalue weighted by Crippen LogP contribution is 2.45. The van der Waals surface area contributed by atoms with Crippen LogP contribution in [0.5, 0.6) is 0 Å². The van der Waals surface area contributed by atoms with Crippen LogP contribution in [0.15, 0.2) is 0 Å². The maximum atomic E-state index is 13.0. The van der Waals surface area contributed by atoms with Crippen molar-refractivity contribution in [3.8, 4) is 0 Å². The van der Waals surface area contributed by atoms with Crippen LogP contribution < -0.4 is 0 Å².